The largest absolute Gasteiger partial charge is 0.489 e. The summed E-state index contributed by atoms with van der Waals surface area (Å²) in [6.07, 6.45) is 1.04. The van der Waals surface area contributed by atoms with E-state index in [2.05, 4.69) is 6.58 Å². The minimum atomic E-state index is -1.40. The van der Waals surface area contributed by atoms with Crippen LogP contribution in [0.15, 0.2) is 53.5 Å². The Hall–Kier alpha value is -3.16. The zero-order valence-corrected chi connectivity index (χ0v) is 19.3. The number of hydrogen-bond acceptors (Lipinski definition) is 4. The second-order valence-corrected chi connectivity index (χ2v) is 8.58. The van der Waals surface area contributed by atoms with E-state index in [4.69, 9.17) is 16.3 Å². The Morgan fingerprint density at radius 2 is 2.00 bits per heavy atom. The first-order valence-corrected chi connectivity index (χ1v) is 10.7. The van der Waals surface area contributed by atoms with E-state index in [1.165, 1.54) is 22.9 Å². The van der Waals surface area contributed by atoms with Crippen LogP contribution in [0.3, 0.4) is 0 Å². The highest BCUT2D eigenvalue weighted by Gasteiger charge is 2.23. The molecular formula is C25H25ClFNO5. The highest BCUT2D eigenvalue weighted by Crippen LogP contribution is 2.33. The summed E-state index contributed by atoms with van der Waals surface area (Å²) < 4.78 is 22.0. The van der Waals surface area contributed by atoms with Crippen molar-refractivity contribution in [3.05, 3.63) is 86.4 Å². The maximum Gasteiger partial charge on any atom is 0.341 e. The summed E-state index contributed by atoms with van der Waals surface area (Å²) in [4.78, 5) is 25.0. The standard InChI is InChI=1S/C25H25ClFNO5/c1-13(2)20(12-29)28-11-18(25(31)32)24(30)17-9-15(10-21(23(17)28)33-14(3)4)8-16-6-5-7-19(26)22(16)27/h5-7,9-11,14,20,29H,1,8,12H2,2-4H3,(H,31,32)/t20-/m1/s1. The molecule has 1 heterocycles. The van der Waals surface area contributed by atoms with Crippen molar-refractivity contribution in [2.45, 2.75) is 39.3 Å². The van der Waals surface area contributed by atoms with Crippen LogP contribution in [-0.4, -0.2) is 33.5 Å². The number of rotatable bonds is 8. The number of aromatic carboxylic acids is 1. The molecule has 0 unspecified atom stereocenters. The van der Waals surface area contributed by atoms with Crippen LogP contribution in [0.25, 0.3) is 10.9 Å². The quantitative estimate of drug-likeness (QED) is 0.450. The van der Waals surface area contributed by atoms with Gasteiger partial charge in [-0.15, -0.1) is 0 Å². The van der Waals surface area contributed by atoms with Crippen LogP contribution in [0.5, 0.6) is 5.75 Å². The average Bonchev–Trinajstić information content (AvgIpc) is 2.72. The lowest BCUT2D eigenvalue weighted by Gasteiger charge is -2.24. The van der Waals surface area contributed by atoms with Crippen LogP contribution in [0, 0.1) is 5.82 Å². The minimum Gasteiger partial charge on any atom is -0.489 e. The number of halogens is 2. The number of fused-ring (bicyclic) bond motifs is 1. The van der Waals surface area contributed by atoms with Gasteiger partial charge in [-0.1, -0.05) is 35.9 Å². The summed E-state index contributed by atoms with van der Waals surface area (Å²) in [7, 11) is 0. The summed E-state index contributed by atoms with van der Waals surface area (Å²) in [6.45, 7) is 8.85. The summed E-state index contributed by atoms with van der Waals surface area (Å²) in [5.74, 6) is -1.65. The van der Waals surface area contributed by atoms with Gasteiger partial charge in [0.2, 0.25) is 5.43 Å². The zero-order chi connectivity index (χ0) is 24.4. The molecule has 0 aliphatic carbocycles. The van der Waals surface area contributed by atoms with Gasteiger partial charge >= 0.3 is 5.97 Å². The van der Waals surface area contributed by atoms with Gasteiger partial charge in [-0.05, 0) is 50.1 Å². The maximum absolute atomic E-state index is 14.5. The molecule has 0 saturated heterocycles. The van der Waals surface area contributed by atoms with E-state index in [1.54, 1.807) is 25.1 Å². The molecule has 174 valence electrons. The molecule has 3 rings (SSSR count). The number of carboxylic acid groups (broad SMARTS) is 1. The Bertz CT molecular complexity index is 1300. The van der Waals surface area contributed by atoms with E-state index in [0.717, 1.165) is 0 Å². The topological polar surface area (TPSA) is 88.8 Å². The lowest BCUT2D eigenvalue weighted by atomic mass is 9.99. The van der Waals surface area contributed by atoms with E-state index >= 15 is 0 Å². The minimum absolute atomic E-state index is 0.0188. The van der Waals surface area contributed by atoms with Gasteiger partial charge in [0.15, 0.2) is 0 Å². The van der Waals surface area contributed by atoms with E-state index in [0.29, 0.717) is 28.0 Å². The van der Waals surface area contributed by atoms with Crippen molar-refractivity contribution >= 4 is 28.5 Å². The second-order valence-electron chi connectivity index (χ2n) is 8.18. The second kappa shape index (κ2) is 9.77. The highest BCUT2D eigenvalue weighted by molar-refractivity contribution is 6.30. The molecule has 0 radical (unpaired) electrons. The molecular weight excluding hydrogens is 449 g/mol. The van der Waals surface area contributed by atoms with Gasteiger partial charge in [0.25, 0.3) is 0 Å². The summed E-state index contributed by atoms with van der Waals surface area (Å²) in [5.41, 5.74) is 0.608. The molecule has 2 N–H and O–H groups in total. The van der Waals surface area contributed by atoms with Gasteiger partial charge in [0.05, 0.1) is 34.7 Å². The van der Waals surface area contributed by atoms with E-state index in [1.807, 2.05) is 13.8 Å². The Morgan fingerprint density at radius 1 is 1.30 bits per heavy atom. The first kappa shape index (κ1) is 24.5. The molecule has 0 bridgehead atoms. The van der Waals surface area contributed by atoms with E-state index in [-0.39, 0.29) is 29.5 Å². The number of aromatic nitrogens is 1. The number of benzene rings is 2. The number of nitrogens with zero attached hydrogens (tertiary/aromatic N) is 1. The third kappa shape index (κ3) is 4.94. The van der Waals surface area contributed by atoms with Gasteiger partial charge in [0.1, 0.15) is 17.1 Å². The zero-order valence-electron chi connectivity index (χ0n) is 18.6. The SMILES string of the molecule is C=C(C)[C@@H](CO)n1cc(C(=O)O)c(=O)c2cc(Cc3cccc(Cl)c3F)cc(OC(C)C)c21. The Labute approximate surface area is 195 Å². The first-order valence-electron chi connectivity index (χ1n) is 10.4. The third-order valence-electron chi connectivity index (χ3n) is 5.25. The van der Waals surface area contributed by atoms with Crippen molar-refractivity contribution in [3.63, 3.8) is 0 Å². The van der Waals surface area contributed by atoms with Crippen LogP contribution in [0.4, 0.5) is 4.39 Å². The number of carboxylic acids is 1. The fourth-order valence-corrected chi connectivity index (χ4v) is 3.94. The average molecular weight is 474 g/mol. The lowest BCUT2D eigenvalue weighted by molar-refractivity contribution is 0.0694. The molecule has 0 saturated carbocycles. The molecule has 0 amide bonds. The number of ether oxygens (including phenoxy) is 1. The van der Waals surface area contributed by atoms with Gasteiger partial charge < -0.3 is 19.5 Å². The van der Waals surface area contributed by atoms with Crippen LogP contribution in [0.2, 0.25) is 5.02 Å². The van der Waals surface area contributed by atoms with Crippen molar-refractivity contribution in [3.8, 4) is 5.75 Å². The fourth-order valence-electron chi connectivity index (χ4n) is 3.74. The van der Waals surface area contributed by atoms with Crippen LogP contribution in [0.1, 0.15) is 48.3 Å². The molecule has 0 aliphatic heterocycles. The number of pyridine rings is 1. The molecule has 3 aromatic rings. The van der Waals surface area contributed by atoms with Crippen molar-refractivity contribution in [2.24, 2.45) is 0 Å². The lowest BCUT2D eigenvalue weighted by Crippen LogP contribution is -2.24. The molecule has 1 atom stereocenters. The maximum atomic E-state index is 14.5. The number of hydrogen-bond donors (Lipinski definition) is 2. The number of carbonyl (C=O) groups is 1. The fraction of sp³-hybridized carbons (Fsp3) is 0.280. The van der Waals surface area contributed by atoms with Crippen LogP contribution >= 0.6 is 11.6 Å². The Balaban J connectivity index is 2.38. The molecule has 8 heteroatoms. The Kier molecular flexibility index (Phi) is 7.25. The monoisotopic (exact) mass is 473 g/mol. The molecule has 1 aromatic heterocycles. The van der Waals surface area contributed by atoms with Crippen LogP contribution < -0.4 is 10.2 Å². The predicted molar refractivity (Wildman–Crippen MR) is 126 cm³/mol. The smallest absolute Gasteiger partial charge is 0.341 e. The predicted octanol–water partition coefficient (Wildman–Crippen LogP) is 4.98. The number of aliphatic hydroxyl groups is 1. The molecule has 0 spiro atoms. The summed E-state index contributed by atoms with van der Waals surface area (Å²) >= 11 is 5.91. The van der Waals surface area contributed by atoms with Crippen LogP contribution in [-0.2, 0) is 6.42 Å². The van der Waals surface area contributed by atoms with Gasteiger partial charge in [-0.3, -0.25) is 4.79 Å². The summed E-state index contributed by atoms with van der Waals surface area (Å²) in [5, 5.41) is 19.7. The highest BCUT2D eigenvalue weighted by atomic mass is 35.5. The van der Waals surface area contributed by atoms with Gasteiger partial charge in [0, 0.05) is 12.6 Å². The van der Waals surface area contributed by atoms with Crippen molar-refractivity contribution in [2.75, 3.05) is 6.61 Å². The molecule has 2 aromatic carbocycles. The Morgan fingerprint density at radius 3 is 2.58 bits per heavy atom. The normalized spacial score (nSPS) is 12.2. The molecule has 0 fully saturated rings. The van der Waals surface area contributed by atoms with E-state index in [9.17, 15) is 24.2 Å². The first-order chi connectivity index (χ1) is 15.5. The van der Waals surface area contributed by atoms with Crippen molar-refractivity contribution < 1.29 is 24.1 Å². The van der Waals surface area contributed by atoms with Crippen molar-refractivity contribution in [1.29, 1.82) is 0 Å². The van der Waals surface area contributed by atoms with Gasteiger partial charge in [-0.2, -0.15) is 0 Å². The molecule has 33 heavy (non-hydrogen) atoms. The van der Waals surface area contributed by atoms with Gasteiger partial charge in [-0.25, -0.2) is 9.18 Å². The number of aliphatic hydroxyl groups excluding tert-OH is 1. The molecule has 6 nitrogen and oxygen atoms in total. The molecule has 0 aliphatic rings. The summed E-state index contributed by atoms with van der Waals surface area (Å²) in [6, 6.07) is 7.19. The third-order valence-corrected chi connectivity index (χ3v) is 5.54. The van der Waals surface area contributed by atoms with Crippen molar-refractivity contribution in [1.82, 2.24) is 4.57 Å². The van der Waals surface area contributed by atoms with E-state index < -0.39 is 28.8 Å².